The Morgan fingerprint density at radius 2 is 1.57 bits per heavy atom. The molecule has 0 radical (unpaired) electrons. The standard InChI is InChI=1S/C21H15Cl2N3O2/c1-25-21(28)17-10-11-26(18(17)20(23)24-25)12-13-2-4-14(5-3-13)19(27)15-6-8-16(22)9-7-15/h2-11H,12H2,1H3. The molecule has 0 saturated carbocycles. The molecule has 0 aliphatic rings. The van der Waals surface area contributed by atoms with Gasteiger partial charge in [0.25, 0.3) is 5.56 Å². The van der Waals surface area contributed by atoms with Crippen LogP contribution in [0.4, 0.5) is 0 Å². The highest BCUT2D eigenvalue weighted by atomic mass is 35.5. The maximum absolute atomic E-state index is 12.6. The Morgan fingerprint density at radius 3 is 2.21 bits per heavy atom. The second kappa shape index (κ2) is 7.26. The molecule has 0 atom stereocenters. The summed E-state index contributed by atoms with van der Waals surface area (Å²) in [4.78, 5) is 24.8. The summed E-state index contributed by atoms with van der Waals surface area (Å²) in [5, 5.41) is 5.44. The van der Waals surface area contributed by atoms with Crippen molar-refractivity contribution in [2.24, 2.45) is 7.05 Å². The Morgan fingerprint density at radius 1 is 0.964 bits per heavy atom. The van der Waals surface area contributed by atoms with E-state index >= 15 is 0 Å². The molecule has 0 bridgehead atoms. The maximum Gasteiger partial charge on any atom is 0.276 e. The molecule has 4 aromatic rings. The SMILES string of the molecule is Cn1nc(Cl)c2c(ccn2Cc2ccc(C(=O)c3ccc(Cl)cc3)cc2)c1=O. The fourth-order valence-electron chi connectivity index (χ4n) is 3.13. The van der Waals surface area contributed by atoms with E-state index in [0.717, 1.165) is 5.56 Å². The van der Waals surface area contributed by atoms with E-state index < -0.39 is 0 Å². The third-order valence-electron chi connectivity index (χ3n) is 4.60. The zero-order valence-electron chi connectivity index (χ0n) is 14.9. The third-order valence-corrected chi connectivity index (χ3v) is 5.10. The van der Waals surface area contributed by atoms with Crippen molar-refractivity contribution in [2.75, 3.05) is 0 Å². The van der Waals surface area contributed by atoms with Crippen molar-refractivity contribution < 1.29 is 4.79 Å². The average Bonchev–Trinajstić information content (AvgIpc) is 3.11. The van der Waals surface area contributed by atoms with Gasteiger partial charge >= 0.3 is 0 Å². The Hall–Kier alpha value is -2.89. The Kier molecular flexibility index (Phi) is 4.79. The summed E-state index contributed by atoms with van der Waals surface area (Å²) in [7, 11) is 1.57. The second-order valence-corrected chi connectivity index (χ2v) is 7.25. The predicted molar refractivity (Wildman–Crippen MR) is 110 cm³/mol. The molecule has 0 aliphatic heterocycles. The number of carbonyl (C=O) groups is 1. The summed E-state index contributed by atoms with van der Waals surface area (Å²) in [5.41, 5.74) is 2.56. The summed E-state index contributed by atoms with van der Waals surface area (Å²) in [5.74, 6) is -0.0645. The highest BCUT2D eigenvalue weighted by molar-refractivity contribution is 6.33. The van der Waals surface area contributed by atoms with Gasteiger partial charge in [-0.15, -0.1) is 0 Å². The summed E-state index contributed by atoms with van der Waals surface area (Å²) in [6.45, 7) is 0.507. The van der Waals surface area contributed by atoms with Crippen LogP contribution in [0, 0.1) is 0 Å². The van der Waals surface area contributed by atoms with Gasteiger partial charge in [-0.25, -0.2) is 4.68 Å². The summed E-state index contributed by atoms with van der Waals surface area (Å²) < 4.78 is 3.11. The molecule has 0 aliphatic carbocycles. The van der Waals surface area contributed by atoms with Gasteiger partial charge in [0.05, 0.1) is 10.9 Å². The zero-order chi connectivity index (χ0) is 19.8. The highest BCUT2D eigenvalue weighted by Gasteiger charge is 2.13. The zero-order valence-corrected chi connectivity index (χ0v) is 16.4. The van der Waals surface area contributed by atoms with Crippen LogP contribution in [0.2, 0.25) is 10.2 Å². The Labute approximate surface area is 170 Å². The van der Waals surface area contributed by atoms with Gasteiger partial charge in [0.1, 0.15) is 0 Å². The van der Waals surface area contributed by atoms with E-state index in [-0.39, 0.29) is 16.5 Å². The lowest BCUT2D eigenvalue weighted by atomic mass is 10.0. The van der Waals surface area contributed by atoms with Crippen molar-refractivity contribution in [3.63, 3.8) is 0 Å². The summed E-state index contributed by atoms with van der Waals surface area (Å²) in [6, 6.07) is 15.9. The third kappa shape index (κ3) is 3.35. The van der Waals surface area contributed by atoms with Gasteiger partial charge < -0.3 is 4.57 Å². The Balaban J connectivity index is 1.61. The van der Waals surface area contributed by atoms with E-state index in [0.29, 0.717) is 33.6 Å². The number of benzene rings is 2. The first-order valence-corrected chi connectivity index (χ1v) is 9.30. The molecular weight excluding hydrogens is 397 g/mol. The van der Waals surface area contributed by atoms with Crippen LogP contribution in [0.3, 0.4) is 0 Å². The Bertz CT molecular complexity index is 1240. The van der Waals surface area contributed by atoms with Crippen LogP contribution in [-0.2, 0) is 13.6 Å². The average molecular weight is 412 g/mol. The molecule has 140 valence electrons. The fourth-order valence-corrected chi connectivity index (χ4v) is 3.58. The molecule has 0 saturated heterocycles. The number of hydrogen-bond acceptors (Lipinski definition) is 3. The lowest BCUT2D eigenvalue weighted by Crippen LogP contribution is -2.19. The van der Waals surface area contributed by atoms with Crippen LogP contribution in [0.1, 0.15) is 21.5 Å². The molecule has 5 nitrogen and oxygen atoms in total. The minimum atomic E-state index is -0.193. The molecule has 7 heteroatoms. The fraction of sp³-hybridized carbons (Fsp3) is 0.0952. The van der Waals surface area contributed by atoms with Crippen LogP contribution in [0.15, 0.2) is 65.6 Å². The number of fused-ring (bicyclic) bond motifs is 1. The minimum Gasteiger partial charge on any atom is -0.340 e. The summed E-state index contributed by atoms with van der Waals surface area (Å²) >= 11 is 12.1. The van der Waals surface area contributed by atoms with Crippen LogP contribution < -0.4 is 5.56 Å². The normalized spacial score (nSPS) is 11.1. The van der Waals surface area contributed by atoms with Crippen molar-refractivity contribution >= 4 is 39.9 Å². The number of aryl methyl sites for hydroxylation is 1. The number of carbonyl (C=O) groups excluding carboxylic acids is 1. The van der Waals surface area contributed by atoms with E-state index in [9.17, 15) is 9.59 Å². The van der Waals surface area contributed by atoms with Gasteiger partial charge in [-0.2, -0.15) is 5.10 Å². The van der Waals surface area contributed by atoms with Crippen LogP contribution >= 0.6 is 23.2 Å². The van der Waals surface area contributed by atoms with Crippen LogP contribution in [-0.4, -0.2) is 20.1 Å². The monoisotopic (exact) mass is 411 g/mol. The van der Waals surface area contributed by atoms with Crippen molar-refractivity contribution in [1.82, 2.24) is 14.3 Å². The molecule has 2 aromatic heterocycles. The van der Waals surface area contributed by atoms with Crippen molar-refractivity contribution in [3.8, 4) is 0 Å². The molecule has 0 unspecified atom stereocenters. The molecule has 0 spiro atoms. The number of rotatable bonds is 4. The van der Waals surface area contributed by atoms with Crippen LogP contribution in [0.5, 0.6) is 0 Å². The van der Waals surface area contributed by atoms with Gasteiger partial charge in [-0.1, -0.05) is 47.5 Å². The van der Waals surface area contributed by atoms with Crippen LogP contribution in [0.25, 0.3) is 10.9 Å². The minimum absolute atomic E-state index is 0.0645. The number of hydrogen-bond donors (Lipinski definition) is 0. The number of halogens is 2. The predicted octanol–water partition coefficient (Wildman–Crippen LogP) is 4.32. The lowest BCUT2D eigenvalue weighted by molar-refractivity contribution is 0.103. The molecule has 0 fully saturated rings. The first-order valence-electron chi connectivity index (χ1n) is 8.55. The van der Waals surface area contributed by atoms with Gasteiger partial charge in [0, 0.05) is 35.9 Å². The number of aromatic nitrogens is 3. The largest absolute Gasteiger partial charge is 0.340 e. The molecule has 2 aromatic carbocycles. The van der Waals surface area contributed by atoms with E-state index in [1.54, 1.807) is 49.5 Å². The highest BCUT2D eigenvalue weighted by Crippen LogP contribution is 2.21. The van der Waals surface area contributed by atoms with E-state index in [1.165, 1.54) is 4.68 Å². The first kappa shape index (κ1) is 18.5. The molecule has 4 rings (SSSR count). The van der Waals surface area contributed by atoms with E-state index in [2.05, 4.69) is 5.10 Å². The van der Waals surface area contributed by atoms with E-state index in [1.807, 2.05) is 22.9 Å². The maximum atomic E-state index is 12.6. The van der Waals surface area contributed by atoms with Gasteiger partial charge in [0.2, 0.25) is 0 Å². The molecule has 2 heterocycles. The van der Waals surface area contributed by atoms with Gasteiger partial charge in [-0.05, 0) is 35.9 Å². The second-order valence-electron chi connectivity index (χ2n) is 6.46. The quantitative estimate of drug-likeness (QED) is 0.469. The molecule has 0 N–H and O–H groups in total. The first-order chi connectivity index (χ1) is 13.4. The van der Waals surface area contributed by atoms with E-state index in [4.69, 9.17) is 23.2 Å². The molecule has 28 heavy (non-hydrogen) atoms. The summed E-state index contributed by atoms with van der Waals surface area (Å²) in [6.07, 6.45) is 1.81. The van der Waals surface area contributed by atoms with Crippen molar-refractivity contribution in [2.45, 2.75) is 6.54 Å². The molecule has 0 amide bonds. The lowest BCUT2D eigenvalue weighted by Gasteiger charge is -2.08. The molecular formula is C21H15Cl2N3O2. The van der Waals surface area contributed by atoms with Gasteiger partial charge in [0.15, 0.2) is 10.9 Å². The smallest absolute Gasteiger partial charge is 0.276 e. The number of ketones is 1. The van der Waals surface area contributed by atoms with Crippen molar-refractivity contribution in [3.05, 3.63) is 98.0 Å². The van der Waals surface area contributed by atoms with Gasteiger partial charge in [-0.3, -0.25) is 9.59 Å². The number of nitrogens with zero attached hydrogens (tertiary/aromatic N) is 3. The topological polar surface area (TPSA) is 56.9 Å². The van der Waals surface area contributed by atoms with Crippen molar-refractivity contribution in [1.29, 1.82) is 0 Å².